The van der Waals surface area contributed by atoms with E-state index in [1.54, 1.807) is 42.7 Å². The Bertz CT molecular complexity index is 1660. The van der Waals surface area contributed by atoms with Crippen molar-refractivity contribution in [3.05, 3.63) is 84.6 Å². The van der Waals surface area contributed by atoms with Crippen LogP contribution in [-0.2, 0) is 16.6 Å². The first-order valence-electron chi connectivity index (χ1n) is 11.4. The number of halogens is 1. The minimum absolute atomic E-state index is 0.0819. The highest BCUT2D eigenvalue weighted by molar-refractivity contribution is 7.22. The van der Waals surface area contributed by atoms with Crippen LogP contribution in [0.2, 0.25) is 0 Å². The van der Waals surface area contributed by atoms with Gasteiger partial charge in [0.2, 0.25) is 11.8 Å². The Hall–Kier alpha value is -4.77. The first-order valence-corrected chi connectivity index (χ1v) is 12.2. The summed E-state index contributed by atoms with van der Waals surface area (Å²) in [6.07, 6.45) is 5.12. The van der Waals surface area contributed by atoms with E-state index in [1.165, 1.54) is 30.6 Å². The summed E-state index contributed by atoms with van der Waals surface area (Å²) in [5, 5.41) is 2.62. The van der Waals surface area contributed by atoms with Crippen LogP contribution >= 0.6 is 11.3 Å². The monoisotopic (exact) mass is 531 g/mol. The molecule has 3 heterocycles. The number of primary amides is 1. The fourth-order valence-corrected chi connectivity index (χ4v) is 5.11. The van der Waals surface area contributed by atoms with E-state index < -0.39 is 23.5 Å². The molecule has 1 atom stereocenters. The molecule has 9 nitrogen and oxygen atoms in total. The van der Waals surface area contributed by atoms with Crippen LogP contribution in [0.5, 0.6) is 17.2 Å². The lowest BCUT2D eigenvalue weighted by atomic mass is 9.97. The maximum absolute atomic E-state index is 15.2. The highest BCUT2D eigenvalue weighted by atomic mass is 32.1. The van der Waals surface area contributed by atoms with Crippen LogP contribution in [0, 0.1) is 5.82 Å². The molecule has 0 aliphatic heterocycles. The molecule has 5 rings (SSSR count). The fraction of sp³-hybridized carbons (Fsp3) is 0.111. The van der Waals surface area contributed by atoms with Crippen molar-refractivity contribution in [2.75, 3.05) is 12.4 Å². The number of imidazole rings is 1. The van der Waals surface area contributed by atoms with Crippen molar-refractivity contribution >= 4 is 39.1 Å². The molecule has 3 N–H and O–H groups in total. The second-order valence-electron chi connectivity index (χ2n) is 8.31. The van der Waals surface area contributed by atoms with Gasteiger partial charge in [-0.15, -0.1) is 11.3 Å². The zero-order valence-corrected chi connectivity index (χ0v) is 21.2. The van der Waals surface area contributed by atoms with Crippen LogP contribution in [0.3, 0.4) is 0 Å². The number of hydrogen-bond donors (Lipinski definition) is 2. The molecule has 0 saturated heterocycles. The molecule has 2 aromatic carbocycles. The quantitative estimate of drug-likeness (QED) is 0.276. The number of nitrogens with one attached hydrogen (secondary N) is 1. The molecule has 11 heteroatoms. The van der Waals surface area contributed by atoms with Gasteiger partial charge in [0.15, 0.2) is 11.6 Å². The summed E-state index contributed by atoms with van der Waals surface area (Å²) in [5.41, 5.74) is 6.65. The standard InChI is InChI=1S/C27H22FN5O4S/c1-33-12-11-31-26(33)22-14-18-24(38-22)21(9-10-30-18)37-19-8-7-15(13-16(19)28)23(25(29)34)27(35)32-17-5-3-4-6-20(17)36-2/h3-14,23H,1-2H3,(H2,29,34)(H,32,35). The van der Waals surface area contributed by atoms with Crippen molar-refractivity contribution in [2.45, 2.75) is 5.92 Å². The molecule has 0 aliphatic carbocycles. The molecule has 3 aromatic heterocycles. The maximum Gasteiger partial charge on any atom is 0.241 e. The minimum atomic E-state index is -1.44. The molecule has 192 valence electrons. The number of methoxy groups -OCH3 is 1. The molecule has 0 bridgehead atoms. The number of rotatable bonds is 8. The topological polar surface area (TPSA) is 121 Å². The Labute approximate surface area is 220 Å². The number of amides is 2. The lowest BCUT2D eigenvalue weighted by molar-refractivity contribution is -0.127. The number of carbonyl (C=O) groups is 2. The second kappa shape index (κ2) is 10.3. The highest BCUT2D eigenvalue weighted by Crippen LogP contribution is 2.39. The third-order valence-corrected chi connectivity index (χ3v) is 6.97. The zero-order chi connectivity index (χ0) is 26.8. The molecule has 0 fully saturated rings. The lowest BCUT2D eigenvalue weighted by Gasteiger charge is -2.16. The summed E-state index contributed by atoms with van der Waals surface area (Å²) in [7, 11) is 3.35. The van der Waals surface area contributed by atoms with Gasteiger partial charge in [-0.05, 0) is 35.9 Å². The number of anilines is 1. The van der Waals surface area contributed by atoms with Crippen molar-refractivity contribution in [1.29, 1.82) is 0 Å². The highest BCUT2D eigenvalue weighted by Gasteiger charge is 2.28. The van der Waals surface area contributed by atoms with E-state index in [4.69, 9.17) is 15.2 Å². The predicted octanol–water partition coefficient (Wildman–Crippen LogP) is 4.84. The Kier molecular flexibility index (Phi) is 6.75. The van der Waals surface area contributed by atoms with Gasteiger partial charge in [0.1, 0.15) is 23.2 Å². The zero-order valence-electron chi connectivity index (χ0n) is 20.3. The third kappa shape index (κ3) is 4.78. The summed E-state index contributed by atoms with van der Waals surface area (Å²) in [5.74, 6) is -2.33. The van der Waals surface area contributed by atoms with Crippen LogP contribution in [-0.4, -0.2) is 33.5 Å². The van der Waals surface area contributed by atoms with Gasteiger partial charge in [0, 0.05) is 31.7 Å². The van der Waals surface area contributed by atoms with Gasteiger partial charge >= 0.3 is 0 Å². The minimum Gasteiger partial charge on any atom is -0.495 e. The Morgan fingerprint density at radius 3 is 2.58 bits per heavy atom. The largest absolute Gasteiger partial charge is 0.495 e. The molecule has 1 unspecified atom stereocenters. The summed E-state index contributed by atoms with van der Waals surface area (Å²) in [6, 6.07) is 14.1. The van der Waals surface area contributed by atoms with Crippen LogP contribution in [0.1, 0.15) is 11.5 Å². The third-order valence-electron chi connectivity index (χ3n) is 5.84. The Morgan fingerprint density at radius 2 is 1.87 bits per heavy atom. The molecule has 5 aromatic rings. The molecule has 0 spiro atoms. The van der Waals surface area contributed by atoms with Crippen LogP contribution in [0.15, 0.2) is 73.2 Å². The van der Waals surface area contributed by atoms with E-state index in [0.717, 1.165) is 21.5 Å². The molecule has 2 amide bonds. The first-order chi connectivity index (χ1) is 18.4. The summed E-state index contributed by atoms with van der Waals surface area (Å²) < 4.78 is 28.9. The number of fused-ring (bicyclic) bond motifs is 1. The van der Waals surface area contributed by atoms with Gasteiger partial charge in [-0.1, -0.05) is 18.2 Å². The number of para-hydroxylation sites is 2. The normalized spacial score (nSPS) is 11.8. The van der Waals surface area contributed by atoms with Crippen LogP contribution in [0.25, 0.3) is 20.9 Å². The number of benzene rings is 2. The number of carbonyl (C=O) groups excluding carboxylic acids is 2. The molecule has 0 radical (unpaired) electrons. The molecule has 0 aliphatic rings. The summed E-state index contributed by atoms with van der Waals surface area (Å²) in [6.45, 7) is 0. The number of aromatic nitrogens is 3. The first kappa shape index (κ1) is 24.9. The van der Waals surface area contributed by atoms with Gasteiger partial charge in [-0.2, -0.15) is 0 Å². The number of hydrogen-bond acceptors (Lipinski definition) is 7. The number of pyridine rings is 1. The van der Waals surface area contributed by atoms with Gasteiger partial charge in [0.25, 0.3) is 0 Å². The number of nitrogens with two attached hydrogens (primary N) is 1. The van der Waals surface area contributed by atoms with Crippen molar-refractivity contribution in [1.82, 2.24) is 14.5 Å². The maximum atomic E-state index is 15.2. The van der Waals surface area contributed by atoms with Crippen molar-refractivity contribution in [3.63, 3.8) is 0 Å². The van der Waals surface area contributed by atoms with Crippen LogP contribution in [0.4, 0.5) is 10.1 Å². The van der Waals surface area contributed by atoms with Crippen molar-refractivity contribution in [3.8, 4) is 28.0 Å². The van der Waals surface area contributed by atoms with E-state index in [-0.39, 0.29) is 11.3 Å². The number of nitrogens with zero attached hydrogens (tertiary/aromatic N) is 3. The van der Waals surface area contributed by atoms with Gasteiger partial charge < -0.3 is 25.1 Å². The van der Waals surface area contributed by atoms with E-state index >= 15 is 4.39 Å². The van der Waals surface area contributed by atoms with Gasteiger partial charge in [0.05, 0.1) is 27.9 Å². The number of aryl methyl sites for hydroxylation is 1. The SMILES string of the molecule is COc1ccccc1NC(=O)C(C(N)=O)c1ccc(Oc2ccnc3cc(-c4nccn4C)sc23)c(F)c1. The smallest absolute Gasteiger partial charge is 0.241 e. The van der Waals surface area contributed by atoms with Crippen molar-refractivity contribution < 1.29 is 23.5 Å². The van der Waals surface area contributed by atoms with Gasteiger partial charge in [-0.25, -0.2) is 9.37 Å². The predicted molar refractivity (Wildman–Crippen MR) is 142 cm³/mol. The fourth-order valence-electron chi connectivity index (χ4n) is 4.00. The molecular weight excluding hydrogens is 509 g/mol. The lowest BCUT2D eigenvalue weighted by Crippen LogP contribution is -2.32. The Morgan fingerprint density at radius 1 is 1.05 bits per heavy atom. The number of ether oxygens (including phenoxy) is 2. The number of thiophene rings is 1. The Balaban J connectivity index is 1.41. The summed E-state index contributed by atoms with van der Waals surface area (Å²) in [4.78, 5) is 34.8. The molecular formula is C27H22FN5O4S. The van der Waals surface area contributed by atoms with Crippen LogP contribution < -0.4 is 20.5 Å². The van der Waals surface area contributed by atoms with E-state index in [0.29, 0.717) is 22.7 Å². The van der Waals surface area contributed by atoms with Gasteiger partial charge in [-0.3, -0.25) is 14.6 Å². The van der Waals surface area contributed by atoms with E-state index in [2.05, 4.69) is 15.3 Å². The molecule has 38 heavy (non-hydrogen) atoms. The molecule has 0 saturated carbocycles. The van der Waals surface area contributed by atoms with E-state index in [1.807, 2.05) is 23.9 Å². The average Bonchev–Trinajstić information content (AvgIpc) is 3.52. The summed E-state index contributed by atoms with van der Waals surface area (Å²) >= 11 is 1.42. The van der Waals surface area contributed by atoms with Crippen molar-refractivity contribution in [2.24, 2.45) is 12.8 Å². The second-order valence-corrected chi connectivity index (χ2v) is 9.36. The average molecular weight is 532 g/mol. The van der Waals surface area contributed by atoms with E-state index in [9.17, 15) is 9.59 Å².